The van der Waals surface area contributed by atoms with Gasteiger partial charge in [-0.05, 0) is 30.5 Å². The Morgan fingerprint density at radius 3 is 3.00 bits per heavy atom. The smallest absolute Gasteiger partial charge is 0.301 e. The van der Waals surface area contributed by atoms with Crippen molar-refractivity contribution in [3.8, 4) is 0 Å². The summed E-state index contributed by atoms with van der Waals surface area (Å²) >= 11 is 0. The van der Waals surface area contributed by atoms with Gasteiger partial charge in [0.15, 0.2) is 0 Å². The Labute approximate surface area is 113 Å². The number of ether oxygens (including phenoxy) is 1. The zero-order chi connectivity index (χ0) is 13.9. The molecule has 0 saturated carbocycles. The Balaban J connectivity index is 2.26. The first kappa shape index (κ1) is 14.1. The van der Waals surface area contributed by atoms with E-state index in [4.69, 9.17) is 10.5 Å². The number of nitrogens with one attached hydrogen (secondary N) is 1. The number of nitrogens with zero attached hydrogens (tertiary/aromatic N) is 1. The SMILES string of the molecule is COCCNS(=O)(=O)N1CCCc2c(N)cccc21. The largest absolute Gasteiger partial charge is 0.398 e. The normalized spacial score (nSPS) is 15.3. The molecule has 0 saturated heterocycles. The van der Waals surface area contributed by atoms with Crippen molar-refractivity contribution in [1.82, 2.24) is 4.72 Å². The fraction of sp³-hybridized carbons (Fsp3) is 0.500. The molecular weight excluding hydrogens is 266 g/mol. The molecule has 1 aliphatic rings. The molecule has 1 aromatic carbocycles. The van der Waals surface area contributed by atoms with Crippen molar-refractivity contribution in [2.24, 2.45) is 0 Å². The monoisotopic (exact) mass is 285 g/mol. The van der Waals surface area contributed by atoms with Crippen LogP contribution in [0, 0.1) is 0 Å². The van der Waals surface area contributed by atoms with Crippen LogP contribution < -0.4 is 14.8 Å². The van der Waals surface area contributed by atoms with Crippen molar-refractivity contribution < 1.29 is 13.2 Å². The van der Waals surface area contributed by atoms with E-state index in [-0.39, 0.29) is 6.54 Å². The predicted octanol–water partition coefficient (Wildman–Crippen LogP) is 0.502. The second kappa shape index (κ2) is 5.77. The maximum Gasteiger partial charge on any atom is 0.301 e. The standard InChI is InChI=1S/C12H19N3O3S/c1-18-9-7-14-19(16,17)15-8-3-4-10-11(13)5-2-6-12(10)15/h2,5-6,14H,3-4,7-9,13H2,1H3. The van der Waals surface area contributed by atoms with Gasteiger partial charge in [-0.1, -0.05) is 6.07 Å². The zero-order valence-electron chi connectivity index (χ0n) is 10.9. The van der Waals surface area contributed by atoms with Crippen LogP contribution >= 0.6 is 0 Å². The van der Waals surface area contributed by atoms with Gasteiger partial charge >= 0.3 is 10.2 Å². The van der Waals surface area contributed by atoms with Crippen LogP contribution in [0.4, 0.5) is 11.4 Å². The number of hydrogen-bond donors (Lipinski definition) is 2. The molecule has 0 amide bonds. The van der Waals surface area contributed by atoms with Crippen LogP contribution in [0.3, 0.4) is 0 Å². The van der Waals surface area contributed by atoms with Crippen LogP contribution in [-0.4, -0.2) is 35.2 Å². The van der Waals surface area contributed by atoms with Gasteiger partial charge in [0.05, 0.1) is 12.3 Å². The number of benzene rings is 1. The molecule has 0 aliphatic carbocycles. The summed E-state index contributed by atoms with van der Waals surface area (Å²) in [4.78, 5) is 0. The first-order valence-electron chi connectivity index (χ1n) is 6.20. The van der Waals surface area contributed by atoms with E-state index in [0.29, 0.717) is 24.5 Å². The van der Waals surface area contributed by atoms with E-state index in [2.05, 4.69) is 4.72 Å². The second-order valence-corrected chi connectivity index (χ2v) is 6.09. The van der Waals surface area contributed by atoms with E-state index in [1.807, 2.05) is 0 Å². The molecule has 0 bridgehead atoms. The van der Waals surface area contributed by atoms with Crippen molar-refractivity contribution in [3.05, 3.63) is 23.8 Å². The maximum absolute atomic E-state index is 12.3. The number of nitrogen functional groups attached to an aromatic ring is 1. The highest BCUT2D eigenvalue weighted by Crippen LogP contribution is 2.32. The van der Waals surface area contributed by atoms with E-state index in [0.717, 1.165) is 18.4 Å². The van der Waals surface area contributed by atoms with E-state index in [9.17, 15) is 8.42 Å². The minimum Gasteiger partial charge on any atom is -0.398 e. The van der Waals surface area contributed by atoms with E-state index in [1.165, 1.54) is 11.4 Å². The summed E-state index contributed by atoms with van der Waals surface area (Å²) in [6.07, 6.45) is 1.58. The highest BCUT2D eigenvalue weighted by atomic mass is 32.2. The van der Waals surface area contributed by atoms with Crippen LogP contribution in [0.15, 0.2) is 18.2 Å². The molecular formula is C12H19N3O3S. The summed E-state index contributed by atoms with van der Waals surface area (Å²) in [5, 5.41) is 0. The molecule has 2 rings (SSSR count). The molecule has 3 N–H and O–H groups in total. The summed E-state index contributed by atoms with van der Waals surface area (Å²) in [5.74, 6) is 0. The maximum atomic E-state index is 12.3. The van der Waals surface area contributed by atoms with Crippen molar-refractivity contribution in [3.63, 3.8) is 0 Å². The third kappa shape index (κ3) is 2.99. The molecule has 106 valence electrons. The van der Waals surface area contributed by atoms with Crippen LogP contribution in [0.1, 0.15) is 12.0 Å². The number of nitrogens with two attached hydrogens (primary N) is 1. The van der Waals surface area contributed by atoms with Crippen molar-refractivity contribution >= 4 is 21.6 Å². The highest BCUT2D eigenvalue weighted by molar-refractivity contribution is 7.90. The predicted molar refractivity (Wildman–Crippen MR) is 75.3 cm³/mol. The lowest BCUT2D eigenvalue weighted by atomic mass is 10.0. The molecule has 0 fully saturated rings. The van der Waals surface area contributed by atoms with Gasteiger partial charge in [-0.15, -0.1) is 0 Å². The quantitative estimate of drug-likeness (QED) is 0.609. The number of hydrogen-bond acceptors (Lipinski definition) is 4. The average molecular weight is 285 g/mol. The lowest BCUT2D eigenvalue weighted by molar-refractivity contribution is 0.204. The number of methoxy groups -OCH3 is 1. The van der Waals surface area contributed by atoms with Gasteiger partial charge in [0, 0.05) is 25.9 Å². The lowest BCUT2D eigenvalue weighted by Gasteiger charge is -2.31. The zero-order valence-corrected chi connectivity index (χ0v) is 11.7. The lowest BCUT2D eigenvalue weighted by Crippen LogP contribution is -2.44. The molecule has 1 aliphatic heterocycles. The van der Waals surface area contributed by atoms with Gasteiger partial charge in [0.2, 0.25) is 0 Å². The Kier molecular flexibility index (Phi) is 4.28. The Hall–Kier alpha value is -1.31. The highest BCUT2D eigenvalue weighted by Gasteiger charge is 2.27. The molecule has 0 spiro atoms. The molecule has 0 unspecified atom stereocenters. The topological polar surface area (TPSA) is 84.7 Å². The fourth-order valence-electron chi connectivity index (χ4n) is 2.22. The van der Waals surface area contributed by atoms with Crippen LogP contribution in [0.2, 0.25) is 0 Å². The Morgan fingerprint density at radius 1 is 1.47 bits per heavy atom. The summed E-state index contributed by atoms with van der Waals surface area (Å²) in [6, 6.07) is 5.37. The summed E-state index contributed by atoms with van der Waals surface area (Å²) < 4.78 is 33.3. The van der Waals surface area contributed by atoms with Gasteiger partial charge in [0.25, 0.3) is 0 Å². The van der Waals surface area contributed by atoms with Crippen LogP contribution in [-0.2, 0) is 21.4 Å². The van der Waals surface area contributed by atoms with Crippen LogP contribution in [0.25, 0.3) is 0 Å². The number of anilines is 2. The van der Waals surface area contributed by atoms with Crippen molar-refractivity contribution in [2.45, 2.75) is 12.8 Å². The minimum absolute atomic E-state index is 0.257. The third-order valence-electron chi connectivity index (χ3n) is 3.12. The van der Waals surface area contributed by atoms with Gasteiger partial charge in [-0.2, -0.15) is 13.1 Å². The van der Waals surface area contributed by atoms with E-state index >= 15 is 0 Å². The van der Waals surface area contributed by atoms with Gasteiger partial charge in [-0.25, -0.2) is 0 Å². The Morgan fingerprint density at radius 2 is 2.26 bits per heavy atom. The van der Waals surface area contributed by atoms with Gasteiger partial charge in [0.1, 0.15) is 0 Å². The average Bonchev–Trinajstić information content (AvgIpc) is 2.39. The summed E-state index contributed by atoms with van der Waals surface area (Å²) in [6.45, 7) is 1.07. The van der Waals surface area contributed by atoms with Crippen LogP contribution in [0.5, 0.6) is 0 Å². The fourth-order valence-corrected chi connectivity index (χ4v) is 3.51. The first-order chi connectivity index (χ1) is 9.06. The Bertz CT molecular complexity index is 545. The second-order valence-electron chi connectivity index (χ2n) is 4.41. The number of rotatable bonds is 5. The molecule has 7 heteroatoms. The van der Waals surface area contributed by atoms with Crippen molar-refractivity contribution in [1.29, 1.82) is 0 Å². The first-order valence-corrected chi connectivity index (χ1v) is 7.64. The molecule has 19 heavy (non-hydrogen) atoms. The molecule has 0 atom stereocenters. The van der Waals surface area contributed by atoms with E-state index < -0.39 is 10.2 Å². The van der Waals surface area contributed by atoms with Crippen molar-refractivity contribution in [2.75, 3.05) is 36.8 Å². The third-order valence-corrected chi connectivity index (χ3v) is 4.65. The van der Waals surface area contributed by atoms with E-state index in [1.54, 1.807) is 18.2 Å². The number of fused-ring (bicyclic) bond motifs is 1. The summed E-state index contributed by atoms with van der Waals surface area (Å²) in [7, 11) is -2.01. The molecule has 0 aromatic heterocycles. The molecule has 0 radical (unpaired) electrons. The van der Waals surface area contributed by atoms with Gasteiger partial charge in [-0.3, -0.25) is 4.31 Å². The minimum atomic E-state index is -3.54. The summed E-state index contributed by atoms with van der Waals surface area (Å²) in [5.41, 5.74) is 8.14. The molecule has 6 nitrogen and oxygen atoms in total. The van der Waals surface area contributed by atoms with Gasteiger partial charge < -0.3 is 10.5 Å². The molecule has 1 heterocycles. The molecule has 1 aromatic rings.